The summed E-state index contributed by atoms with van der Waals surface area (Å²) in [4.78, 5) is 26.4. The van der Waals surface area contributed by atoms with Crippen molar-refractivity contribution in [2.24, 2.45) is 0 Å². The van der Waals surface area contributed by atoms with Gasteiger partial charge in [-0.05, 0) is 49.1 Å². The summed E-state index contributed by atoms with van der Waals surface area (Å²) in [6.45, 7) is 8.10. The maximum atomic E-state index is 13.5. The summed E-state index contributed by atoms with van der Waals surface area (Å²) in [5, 5.41) is 3.82. The zero-order chi connectivity index (χ0) is 23.1. The summed E-state index contributed by atoms with van der Waals surface area (Å²) < 4.78 is 6.06. The molecule has 0 aliphatic carbocycles. The van der Waals surface area contributed by atoms with E-state index in [-0.39, 0.29) is 31.1 Å². The van der Waals surface area contributed by atoms with Gasteiger partial charge >= 0.3 is 5.97 Å². The standard InChI is InChI=1S/C26H33ClN2O3/c1-4-10-23(26(31)28-25-19(2)15-22(27)16-20(25)3)29(13-8-9-14-29)17-24(30)32-18-21-11-6-5-7-12-21/h5-7,11-12,15-16,23H,4,8-10,13-14,17-18H2,1-3H3/p+1. The third-order valence-corrected chi connectivity index (χ3v) is 6.63. The number of benzene rings is 2. The SMILES string of the molecule is CCCC(C(=O)Nc1c(C)cc(Cl)cc1C)[N+]1(CC(=O)OCc2ccccc2)CCCC1. The van der Waals surface area contributed by atoms with E-state index in [1.165, 1.54) is 0 Å². The minimum absolute atomic E-state index is 0.0295. The van der Waals surface area contributed by atoms with Gasteiger partial charge in [0.1, 0.15) is 6.61 Å². The Morgan fingerprint density at radius 1 is 1.09 bits per heavy atom. The van der Waals surface area contributed by atoms with Gasteiger partial charge < -0.3 is 14.5 Å². The van der Waals surface area contributed by atoms with Gasteiger partial charge in [-0.2, -0.15) is 0 Å². The van der Waals surface area contributed by atoms with E-state index in [9.17, 15) is 9.59 Å². The van der Waals surface area contributed by atoms with Crippen LogP contribution in [0.2, 0.25) is 5.02 Å². The van der Waals surface area contributed by atoms with E-state index in [2.05, 4.69) is 12.2 Å². The first-order chi connectivity index (χ1) is 15.3. The lowest BCUT2D eigenvalue weighted by Gasteiger charge is -2.40. The minimum Gasteiger partial charge on any atom is -0.457 e. The summed E-state index contributed by atoms with van der Waals surface area (Å²) in [6.07, 6.45) is 3.62. The Bertz CT molecular complexity index is 916. The third kappa shape index (κ3) is 5.90. The molecule has 32 heavy (non-hydrogen) atoms. The van der Waals surface area contributed by atoms with Crippen molar-refractivity contribution in [2.45, 2.75) is 59.1 Å². The number of nitrogens with one attached hydrogen (secondary N) is 1. The number of nitrogens with zero attached hydrogens (tertiary/aromatic N) is 1. The van der Waals surface area contributed by atoms with E-state index in [0.717, 1.165) is 61.2 Å². The van der Waals surface area contributed by atoms with Crippen molar-refractivity contribution < 1.29 is 18.8 Å². The van der Waals surface area contributed by atoms with Gasteiger partial charge in [0.05, 0.1) is 13.1 Å². The second-order valence-electron chi connectivity index (χ2n) is 8.89. The van der Waals surface area contributed by atoms with E-state index in [1.54, 1.807) is 0 Å². The maximum Gasteiger partial charge on any atom is 0.362 e. The van der Waals surface area contributed by atoms with E-state index in [4.69, 9.17) is 16.3 Å². The lowest BCUT2D eigenvalue weighted by Crippen LogP contribution is -2.60. The van der Waals surface area contributed by atoms with Crippen LogP contribution in [0.25, 0.3) is 0 Å². The molecule has 2 aromatic carbocycles. The first-order valence-electron chi connectivity index (χ1n) is 11.5. The topological polar surface area (TPSA) is 55.4 Å². The summed E-state index contributed by atoms with van der Waals surface area (Å²) in [5.41, 5.74) is 3.65. The molecule has 172 valence electrons. The van der Waals surface area contributed by atoms with Gasteiger partial charge in [-0.3, -0.25) is 4.79 Å². The third-order valence-electron chi connectivity index (χ3n) is 6.42. The molecular formula is C26H34ClN2O3+. The molecule has 1 aliphatic heterocycles. The van der Waals surface area contributed by atoms with E-state index in [0.29, 0.717) is 9.51 Å². The molecule has 2 aromatic rings. The molecule has 3 rings (SSSR count). The molecule has 1 unspecified atom stereocenters. The molecule has 0 bridgehead atoms. The fourth-order valence-corrected chi connectivity index (χ4v) is 5.15. The molecule has 1 N–H and O–H groups in total. The highest BCUT2D eigenvalue weighted by atomic mass is 35.5. The van der Waals surface area contributed by atoms with Crippen LogP contribution in [0.5, 0.6) is 0 Å². The highest BCUT2D eigenvalue weighted by Crippen LogP contribution is 2.30. The van der Waals surface area contributed by atoms with Crippen LogP contribution in [-0.4, -0.2) is 42.0 Å². The summed E-state index contributed by atoms with van der Waals surface area (Å²) in [7, 11) is 0. The molecule has 6 heteroatoms. The zero-order valence-electron chi connectivity index (χ0n) is 19.3. The van der Waals surface area contributed by atoms with Crippen LogP contribution in [0.4, 0.5) is 5.69 Å². The van der Waals surface area contributed by atoms with Crippen molar-refractivity contribution in [3.05, 3.63) is 64.2 Å². The molecule has 0 radical (unpaired) electrons. The van der Waals surface area contributed by atoms with Gasteiger partial charge in [-0.25, -0.2) is 4.79 Å². The number of likely N-dealkylation sites (tertiary alicyclic amines) is 1. The minimum atomic E-state index is -0.291. The normalized spacial score (nSPS) is 15.9. The van der Waals surface area contributed by atoms with Crippen LogP contribution in [0.1, 0.15) is 49.3 Å². The molecular weight excluding hydrogens is 424 g/mol. The van der Waals surface area contributed by atoms with Crippen molar-refractivity contribution >= 4 is 29.2 Å². The summed E-state index contributed by atoms with van der Waals surface area (Å²) in [5.74, 6) is -0.276. The summed E-state index contributed by atoms with van der Waals surface area (Å²) in [6, 6.07) is 13.1. The van der Waals surface area contributed by atoms with Gasteiger partial charge in [0.2, 0.25) is 0 Å². The maximum absolute atomic E-state index is 13.5. The monoisotopic (exact) mass is 457 g/mol. The first-order valence-corrected chi connectivity index (χ1v) is 11.9. The van der Waals surface area contributed by atoms with Crippen molar-refractivity contribution in [3.8, 4) is 0 Å². The number of esters is 1. The fourth-order valence-electron chi connectivity index (χ4n) is 4.83. The van der Waals surface area contributed by atoms with Gasteiger partial charge in [0.15, 0.2) is 12.6 Å². The molecule has 0 spiro atoms. The van der Waals surface area contributed by atoms with E-state index < -0.39 is 0 Å². The molecule has 1 atom stereocenters. The summed E-state index contributed by atoms with van der Waals surface area (Å²) >= 11 is 6.16. The number of carbonyl (C=O) groups excluding carboxylic acids is 2. The Hall–Kier alpha value is -2.37. The molecule has 1 amide bonds. The molecule has 1 fully saturated rings. The number of rotatable bonds is 9. The second kappa shape index (κ2) is 11.0. The lowest BCUT2D eigenvalue weighted by molar-refractivity contribution is -0.925. The van der Waals surface area contributed by atoms with Crippen molar-refractivity contribution in [2.75, 3.05) is 25.0 Å². The number of quaternary nitrogens is 1. The number of amides is 1. The quantitative estimate of drug-likeness (QED) is 0.404. The number of carbonyl (C=O) groups is 2. The Labute approximate surface area is 196 Å². The van der Waals surface area contributed by atoms with Crippen LogP contribution < -0.4 is 5.32 Å². The van der Waals surface area contributed by atoms with Gasteiger partial charge in [-0.1, -0.05) is 48.9 Å². The van der Waals surface area contributed by atoms with E-state index in [1.807, 2.05) is 56.3 Å². The van der Waals surface area contributed by atoms with Crippen LogP contribution in [0, 0.1) is 13.8 Å². The zero-order valence-corrected chi connectivity index (χ0v) is 20.1. The Kier molecular flexibility index (Phi) is 8.32. The average molecular weight is 458 g/mol. The Morgan fingerprint density at radius 2 is 1.72 bits per heavy atom. The van der Waals surface area contributed by atoms with Crippen molar-refractivity contribution in [1.82, 2.24) is 0 Å². The number of aryl methyl sites for hydroxylation is 2. The fraction of sp³-hybridized carbons (Fsp3) is 0.462. The van der Waals surface area contributed by atoms with Crippen LogP contribution in [-0.2, 0) is 20.9 Å². The van der Waals surface area contributed by atoms with Gasteiger partial charge in [-0.15, -0.1) is 0 Å². The number of ether oxygens (including phenoxy) is 1. The molecule has 1 saturated heterocycles. The number of hydrogen-bond donors (Lipinski definition) is 1. The largest absolute Gasteiger partial charge is 0.457 e. The average Bonchev–Trinajstić information content (AvgIpc) is 3.22. The first kappa shape index (κ1) is 24.3. The smallest absolute Gasteiger partial charge is 0.362 e. The predicted octanol–water partition coefficient (Wildman–Crippen LogP) is 5.42. The number of halogens is 1. The second-order valence-corrected chi connectivity index (χ2v) is 9.32. The van der Waals surface area contributed by atoms with Crippen LogP contribution in [0.15, 0.2) is 42.5 Å². The molecule has 0 saturated carbocycles. The predicted molar refractivity (Wildman–Crippen MR) is 129 cm³/mol. The van der Waals surface area contributed by atoms with Crippen molar-refractivity contribution in [1.29, 1.82) is 0 Å². The molecule has 0 aromatic heterocycles. The van der Waals surface area contributed by atoms with Gasteiger partial charge in [0, 0.05) is 30.0 Å². The molecule has 5 nitrogen and oxygen atoms in total. The molecule has 1 aliphatic rings. The Balaban J connectivity index is 1.76. The van der Waals surface area contributed by atoms with Gasteiger partial charge in [0.25, 0.3) is 5.91 Å². The number of anilines is 1. The lowest BCUT2D eigenvalue weighted by atomic mass is 10.0. The Morgan fingerprint density at radius 3 is 2.31 bits per heavy atom. The van der Waals surface area contributed by atoms with Crippen molar-refractivity contribution in [3.63, 3.8) is 0 Å². The van der Waals surface area contributed by atoms with Crippen LogP contribution in [0.3, 0.4) is 0 Å². The van der Waals surface area contributed by atoms with E-state index >= 15 is 0 Å². The molecule has 1 heterocycles. The number of hydrogen-bond acceptors (Lipinski definition) is 3. The van der Waals surface area contributed by atoms with Crippen LogP contribution >= 0.6 is 11.6 Å². The highest BCUT2D eigenvalue weighted by molar-refractivity contribution is 6.30. The highest BCUT2D eigenvalue weighted by Gasteiger charge is 2.45.